The minimum absolute atomic E-state index is 0.362. The maximum atomic E-state index is 11.0. The second-order valence-electron chi connectivity index (χ2n) is 2.98. The number of unbranched alkanes of at least 4 members (excludes halogenated alkanes) is 3. The Morgan fingerprint density at radius 1 is 1.46 bits per heavy atom. The summed E-state index contributed by atoms with van der Waals surface area (Å²) in [5.74, 6) is 9.53. The summed E-state index contributed by atoms with van der Waals surface area (Å²) in [6.07, 6.45) is 4.37. The van der Waals surface area contributed by atoms with Crippen molar-refractivity contribution in [1.29, 1.82) is 0 Å². The van der Waals surface area contributed by atoms with Crippen molar-refractivity contribution in [3.05, 3.63) is 0 Å². The molecule has 0 aliphatic heterocycles. The van der Waals surface area contributed by atoms with E-state index in [4.69, 9.17) is 11.7 Å². The predicted octanol–water partition coefficient (Wildman–Crippen LogP) is 0.206. The topological polar surface area (TPSA) is 90.4 Å². The van der Waals surface area contributed by atoms with Crippen LogP contribution < -0.4 is 17.2 Å². The van der Waals surface area contributed by atoms with Crippen molar-refractivity contribution < 1.29 is 9.63 Å². The fourth-order valence-corrected chi connectivity index (χ4v) is 1.11. The zero-order valence-electron chi connectivity index (χ0n) is 8.08. The van der Waals surface area contributed by atoms with Crippen LogP contribution in [0.3, 0.4) is 0 Å². The molecule has 0 fully saturated rings. The summed E-state index contributed by atoms with van der Waals surface area (Å²) >= 11 is 0. The number of hydrazine groups is 1. The number of carbonyl (C=O) groups is 1. The summed E-state index contributed by atoms with van der Waals surface area (Å²) in [6.45, 7) is 2.13. The molecule has 0 heterocycles. The second kappa shape index (κ2) is 7.97. The zero-order chi connectivity index (χ0) is 10.1. The van der Waals surface area contributed by atoms with E-state index in [1.165, 1.54) is 6.42 Å². The van der Waals surface area contributed by atoms with Crippen LogP contribution in [-0.4, -0.2) is 12.0 Å². The molecule has 5 N–H and O–H groups in total. The highest BCUT2D eigenvalue weighted by Crippen LogP contribution is 2.06. The molecule has 0 aromatic heterocycles. The van der Waals surface area contributed by atoms with Gasteiger partial charge >= 0.3 is 0 Å². The predicted molar refractivity (Wildman–Crippen MR) is 50.1 cm³/mol. The number of amides is 1. The van der Waals surface area contributed by atoms with Gasteiger partial charge in [-0.2, -0.15) is 0 Å². The van der Waals surface area contributed by atoms with Crippen LogP contribution in [0, 0.1) is 0 Å². The van der Waals surface area contributed by atoms with Gasteiger partial charge in [0, 0.05) is 0 Å². The third kappa shape index (κ3) is 5.57. The van der Waals surface area contributed by atoms with Gasteiger partial charge in [-0.05, 0) is 6.42 Å². The Labute approximate surface area is 78.7 Å². The highest BCUT2D eigenvalue weighted by Gasteiger charge is 2.16. The van der Waals surface area contributed by atoms with E-state index >= 15 is 0 Å². The Hall–Kier alpha value is -0.650. The smallest absolute Gasteiger partial charge is 0.265 e. The molecule has 0 saturated heterocycles. The van der Waals surface area contributed by atoms with Crippen LogP contribution >= 0.6 is 0 Å². The quantitative estimate of drug-likeness (QED) is 0.231. The standard InChI is InChI=1S/C8H19N3O2/c1-2-3-4-5-6-7(13-10)8(12)11-9/h7H,2-6,9-10H2,1H3,(H,11,12). The van der Waals surface area contributed by atoms with Gasteiger partial charge in [0.15, 0.2) is 6.10 Å². The fraction of sp³-hybridized carbons (Fsp3) is 0.875. The Morgan fingerprint density at radius 2 is 2.15 bits per heavy atom. The van der Waals surface area contributed by atoms with E-state index in [1.54, 1.807) is 0 Å². The van der Waals surface area contributed by atoms with Crippen LogP contribution in [0.4, 0.5) is 0 Å². The summed E-state index contributed by atoms with van der Waals surface area (Å²) in [6, 6.07) is 0. The summed E-state index contributed by atoms with van der Waals surface area (Å²) in [5, 5.41) is 0. The van der Waals surface area contributed by atoms with Crippen LogP contribution in [0.1, 0.15) is 39.0 Å². The first-order valence-electron chi connectivity index (χ1n) is 4.62. The Morgan fingerprint density at radius 3 is 2.62 bits per heavy atom. The lowest BCUT2D eigenvalue weighted by molar-refractivity contribution is -0.133. The largest absolute Gasteiger partial charge is 0.292 e. The number of nitrogens with one attached hydrogen (secondary N) is 1. The lowest BCUT2D eigenvalue weighted by Gasteiger charge is -2.11. The van der Waals surface area contributed by atoms with E-state index in [0.717, 1.165) is 19.3 Å². The summed E-state index contributed by atoms with van der Waals surface area (Å²) < 4.78 is 0. The van der Waals surface area contributed by atoms with Crippen molar-refractivity contribution in [2.75, 3.05) is 0 Å². The van der Waals surface area contributed by atoms with Crippen LogP contribution in [0.5, 0.6) is 0 Å². The van der Waals surface area contributed by atoms with Gasteiger partial charge in [0.05, 0.1) is 0 Å². The monoisotopic (exact) mass is 189 g/mol. The highest BCUT2D eigenvalue weighted by molar-refractivity contribution is 5.79. The number of carbonyl (C=O) groups excluding carboxylic acids is 1. The van der Waals surface area contributed by atoms with Gasteiger partial charge in [-0.25, -0.2) is 11.7 Å². The van der Waals surface area contributed by atoms with Gasteiger partial charge in [-0.15, -0.1) is 0 Å². The van der Waals surface area contributed by atoms with Gasteiger partial charge < -0.3 is 0 Å². The molecule has 0 spiro atoms. The van der Waals surface area contributed by atoms with Gasteiger partial charge in [0.2, 0.25) is 0 Å². The van der Waals surface area contributed by atoms with Crippen LogP contribution in [0.2, 0.25) is 0 Å². The third-order valence-corrected chi connectivity index (χ3v) is 1.92. The molecule has 0 aromatic rings. The van der Waals surface area contributed by atoms with Crippen LogP contribution in [-0.2, 0) is 9.63 Å². The maximum absolute atomic E-state index is 11.0. The van der Waals surface area contributed by atoms with Gasteiger partial charge in [0.25, 0.3) is 5.91 Å². The first-order valence-corrected chi connectivity index (χ1v) is 4.62. The first-order chi connectivity index (χ1) is 6.26. The molecule has 0 aliphatic carbocycles. The molecular formula is C8H19N3O2. The average molecular weight is 189 g/mol. The van der Waals surface area contributed by atoms with Gasteiger partial charge in [-0.3, -0.25) is 15.1 Å². The lowest BCUT2D eigenvalue weighted by Crippen LogP contribution is -2.41. The average Bonchev–Trinajstić information content (AvgIpc) is 2.17. The number of hydrogen-bond acceptors (Lipinski definition) is 4. The molecule has 1 atom stereocenters. The SMILES string of the molecule is CCCCCCC(ON)C(=O)NN. The van der Waals surface area contributed by atoms with Crippen molar-refractivity contribution in [2.24, 2.45) is 11.7 Å². The molecule has 78 valence electrons. The molecule has 0 aliphatic rings. The molecule has 0 saturated carbocycles. The molecule has 1 amide bonds. The number of nitrogens with two attached hydrogens (primary N) is 2. The van der Waals surface area contributed by atoms with Crippen molar-refractivity contribution in [3.63, 3.8) is 0 Å². The molecular weight excluding hydrogens is 170 g/mol. The molecule has 0 bridgehead atoms. The minimum Gasteiger partial charge on any atom is -0.292 e. The fourth-order valence-electron chi connectivity index (χ4n) is 1.11. The Balaban J connectivity index is 3.53. The molecule has 0 radical (unpaired) electrons. The van der Waals surface area contributed by atoms with E-state index in [1.807, 2.05) is 5.43 Å². The Kier molecular flexibility index (Phi) is 7.57. The molecule has 5 heteroatoms. The van der Waals surface area contributed by atoms with Crippen molar-refractivity contribution >= 4 is 5.91 Å². The van der Waals surface area contributed by atoms with Crippen LogP contribution in [0.15, 0.2) is 0 Å². The zero-order valence-corrected chi connectivity index (χ0v) is 8.08. The van der Waals surface area contributed by atoms with Gasteiger partial charge in [0.1, 0.15) is 0 Å². The third-order valence-electron chi connectivity index (χ3n) is 1.92. The normalized spacial score (nSPS) is 12.5. The van der Waals surface area contributed by atoms with Crippen LogP contribution in [0.25, 0.3) is 0 Å². The number of hydrogen-bond donors (Lipinski definition) is 3. The second-order valence-corrected chi connectivity index (χ2v) is 2.98. The minimum atomic E-state index is -0.609. The Bertz CT molecular complexity index is 141. The first kappa shape index (κ1) is 12.3. The lowest BCUT2D eigenvalue weighted by atomic mass is 10.1. The van der Waals surface area contributed by atoms with E-state index in [-0.39, 0.29) is 5.91 Å². The summed E-state index contributed by atoms with van der Waals surface area (Å²) in [7, 11) is 0. The van der Waals surface area contributed by atoms with Crippen molar-refractivity contribution in [1.82, 2.24) is 5.43 Å². The van der Waals surface area contributed by atoms with Crippen molar-refractivity contribution in [3.8, 4) is 0 Å². The van der Waals surface area contributed by atoms with Crippen molar-refractivity contribution in [2.45, 2.75) is 45.1 Å². The van der Waals surface area contributed by atoms with Gasteiger partial charge in [-0.1, -0.05) is 32.6 Å². The summed E-state index contributed by atoms with van der Waals surface area (Å²) in [5.41, 5.74) is 2.01. The molecule has 0 aromatic carbocycles. The molecule has 0 rings (SSSR count). The van der Waals surface area contributed by atoms with E-state index in [9.17, 15) is 4.79 Å². The van der Waals surface area contributed by atoms with E-state index < -0.39 is 6.10 Å². The molecule has 5 nitrogen and oxygen atoms in total. The molecule has 1 unspecified atom stereocenters. The summed E-state index contributed by atoms with van der Waals surface area (Å²) in [4.78, 5) is 15.5. The van der Waals surface area contributed by atoms with E-state index in [0.29, 0.717) is 6.42 Å². The highest BCUT2D eigenvalue weighted by atomic mass is 16.6. The number of rotatable bonds is 7. The van der Waals surface area contributed by atoms with E-state index in [2.05, 4.69) is 11.8 Å². The maximum Gasteiger partial charge on any atom is 0.265 e. The molecule has 13 heavy (non-hydrogen) atoms.